The topological polar surface area (TPSA) is 72.5 Å². The van der Waals surface area contributed by atoms with Crippen LogP contribution in [0.3, 0.4) is 0 Å². The number of fused-ring (bicyclic) bond motifs is 2. The molecule has 22 heavy (non-hydrogen) atoms. The van der Waals surface area contributed by atoms with E-state index in [2.05, 4.69) is 22.5 Å². The molecule has 2 N–H and O–H groups in total. The maximum Gasteiger partial charge on any atom is 0.320 e. The lowest BCUT2D eigenvalue weighted by Crippen LogP contribution is -2.34. The molecule has 0 bridgehead atoms. The Bertz CT molecular complexity index is 760. The van der Waals surface area contributed by atoms with Crippen LogP contribution in [0.15, 0.2) is 30.5 Å². The van der Waals surface area contributed by atoms with Crippen molar-refractivity contribution in [3.05, 3.63) is 41.6 Å². The summed E-state index contributed by atoms with van der Waals surface area (Å²) in [5.41, 5.74) is 2.00. The third-order valence-electron chi connectivity index (χ3n) is 3.90. The van der Waals surface area contributed by atoms with Crippen molar-refractivity contribution in [2.45, 2.75) is 19.4 Å². The van der Waals surface area contributed by atoms with Crippen LogP contribution in [-0.4, -0.2) is 17.6 Å². The predicted octanol–water partition coefficient (Wildman–Crippen LogP) is 3.00. The van der Waals surface area contributed by atoms with Gasteiger partial charge in [0.25, 0.3) is 0 Å². The number of nitrogens with one attached hydrogen (secondary N) is 2. The van der Waals surface area contributed by atoms with E-state index in [4.69, 9.17) is 9.47 Å². The molecular formula is C16H15N3O3. The summed E-state index contributed by atoms with van der Waals surface area (Å²) in [5.74, 6) is 3.26. The maximum atomic E-state index is 11.3. The summed E-state index contributed by atoms with van der Waals surface area (Å²) in [6, 6.07) is 7.38. The van der Waals surface area contributed by atoms with Crippen molar-refractivity contribution in [1.82, 2.24) is 10.3 Å². The molecule has 1 aromatic carbocycles. The molecule has 0 fully saturated rings. The molecule has 0 unspecified atom stereocenters. The van der Waals surface area contributed by atoms with Crippen LogP contribution in [-0.2, 0) is 6.54 Å². The van der Waals surface area contributed by atoms with E-state index in [-0.39, 0.29) is 6.03 Å². The van der Waals surface area contributed by atoms with E-state index < -0.39 is 0 Å². The molecule has 0 saturated heterocycles. The van der Waals surface area contributed by atoms with Crippen molar-refractivity contribution >= 4 is 11.8 Å². The van der Waals surface area contributed by atoms with Gasteiger partial charge in [-0.25, -0.2) is 9.78 Å². The van der Waals surface area contributed by atoms with Crippen LogP contribution in [0, 0.1) is 0 Å². The van der Waals surface area contributed by atoms with Crippen molar-refractivity contribution in [3.63, 3.8) is 0 Å². The fourth-order valence-electron chi connectivity index (χ4n) is 2.71. The first-order valence-electron chi connectivity index (χ1n) is 7.18. The fraction of sp³-hybridized carbons (Fsp3) is 0.250. The Kier molecular flexibility index (Phi) is 2.89. The highest BCUT2D eigenvalue weighted by Gasteiger charge is 2.22. The van der Waals surface area contributed by atoms with Gasteiger partial charge >= 0.3 is 6.03 Å². The number of urea groups is 1. The van der Waals surface area contributed by atoms with Gasteiger partial charge in [0.2, 0.25) is 0 Å². The average molecular weight is 297 g/mol. The van der Waals surface area contributed by atoms with Gasteiger partial charge in [0.15, 0.2) is 0 Å². The van der Waals surface area contributed by atoms with Gasteiger partial charge in [0.05, 0.1) is 18.7 Å². The molecule has 1 aromatic heterocycles. The molecule has 0 spiro atoms. The number of carbonyl (C=O) groups is 1. The fourth-order valence-corrected chi connectivity index (χ4v) is 2.71. The zero-order valence-electron chi connectivity index (χ0n) is 12.1. The summed E-state index contributed by atoms with van der Waals surface area (Å²) in [5, 5.41) is 5.40. The summed E-state index contributed by atoms with van der Waals surface area (Å²) in [6.07, 6.45) is 1.62. The first-order valence-corrected chi connectivity index (χ1v) is 7.18. The lowest BCUT2D eigenvalue weighted by atomic mass is 10.0. The number of ether oxygens (including phenoxy) is 2. The third kappa shape index (κ3) is 2.13. The Morgan fingerprint density at radius 2 is 2.27 bits per heavy atom. The quantitative estimate of drug-likeness (QED) is 0.893. The second kappa shape index (κ2) is 4.91. The van der Waals surface area contributed by atoms with Crippen LogP contribution >= 0.6 is 0 Å². The molecule has 2 aliphatic rings. The second-order valence-electron chi connectivity index (χ2n) is 5.46. The summed E-state index contributed by atoms with van der Waals surface area (Å²) in [7, 11) is 0. The minimum atomic E-state index is -0.249. The average Bonchev–Trinajstić information content (AvgIpc) is 2.88. The maximum absolute atomic E-state index is 11.3. The van der Waals surface area contributed by atoms with Crippen molar-refractivity contribution in [2.24, 2.45) is 0 Å². The lowest BCUT2D eigenvalue weighted by Gasteiger charge is -2.20. The number of rotatable bonds is 2. The van der Waals surface area contributed by atoms with Crippen LogP contribution in [0.2, 0.25) is 0 Å². The van der Waals surface area contributed by atoms with Gasteiger partial charge in [0.1, 0.15) is 23.1 Å². The number of hydrogen-bond donors (Lipinski definition) is 2. The Labute approximate surface area is 127 Å². The van der Waals surface area contributed by atoms with Gasteiger partial charge in [0, 0.05) is 17.7 Å². The van der Waals surface area contributed by atoms with Crippen LogP contribution in [0.25, 0.3) is 0 Å². The molecule has 0 aliphatic carbocycles. The van der Waals surface area contributed by atoms with Gasteiger partial charge in [-0.2, -0.15) is 0 Å². The first kappa shape index (κ1) is 12.9. The van der Waals surface area contributed by atoms with Gasteiger partial charge in [-0.3, -0.25) is 5.32 Å². The molecule has 6 nitrogen and oxygen atoms in total. The zero-order chi connectivity index (χ0) is 15.1. The van der Waals surface area contributed by atoms with Crippen LogP contribution < -0.4 is 20.1 Å². The molecule has 2 aliphatic heterocycles. The molecular weight excluding hydrogens is 282 g/mol. The van der Waals surface area contributed by atoms with E-state index in [1.54, 1.807) is 12.3 Å². The smallest absolute Gasteiger partial charge is 0.320 e. The summed E-state index contributed by atoms with van der Waals surface area (Å²) < 4.78 is 11.6. The molecule has 0 radical (unpaired) electrons. The van der Waals surface area contributed by atoms with Crippen molar-refractivity contribution in [3.8, 4) is 17.2 Å². The number of carbonyl (C=O) groups excluding carboxylic acids is 1. The third-order valence-corrected chi connectivity index (χ3v) is 3.90. The Morgan fingerprint density at radius 1 is 1.36 bits per heavy atom. The molecule has 0 saturated carbocycles. The van der Waals surface area contributed by atoms with Crippen molar-refractivity contribution < 1.29 is 14.3 Å². The number of aromatic nitrogens is 1. The largest absolute Gasteiger partial charge is 0.493 e. The molecule has 4 rings (SSSR count). The summed E-state index contributed by atoms with van der Waals surface area (Å²) in [4.78, 5) is 15.5. The second-order valence-corrected chi connectivity index (χ2v) is 5.46. The van der Waals surface area contributed by atoms with Crippen molar-refractivity contribution in [1.29, 1.82) is 0 Å². The zero-order valence-corrected chi connectivity index (χ0v) is 12.1. The number of amides is 2. The minimum absolute atomic E-state index is 0.249. The lowest BCUT2D eigenvalue weighted by molar-refractivity contribution is 0.250. The van der Waals surface area contributed by atoms with E-state index in [0.29, 0.717) is 30.6 Å². The normalized spacial score (nSPS) is 18.6. The SMILES string of the molecule is C[C@@H]1COc2ccc(Oc3ccnc4c3CNC(=O)N4)cc21. The van der Waals surface area contributed by atoms with Crippen LogP contribution in [0.4, 0.5) is 10.6 Å². The molecule has 2 aromatic rings. The number of hydrogen-bond acceptors (Lipinski definition) is 4. The van der Waals surface area contributed by atoms with Gasteiger partial charge < -0.3 is 14.8 Å². The van der Waals surface area contributed by atoms with Crippen LogP contribution in [0.5, 0.6) is 17.2 Å². The molecule has 2 amide bonds. The number of nitrogens with zero attached hydrogens (tertiary/aromatic N) is 1. The first-order chi connectivity index (χ1) is 10.7. The van der Waals surface area contributed by atoms with E-state index in [1.807, 2.05) is 18.2 Å². The number of pyridine rings is 1. The van der Waals surface area contributed by atoms with Gasteiger partial charge in [-0.1, -0.05) is 6.92 Å². The van der Waals surface area contributed by atoms with Crippen molar-refractivity contribution in [2.75, 3.05) is 11.9 Å². The highest BCUT2D eigenvalue weighted by molar-refractivity contribution is 5.91. The highest BCUT2D eigenvalue weighted by atomic mass is 16.5. The van der Waals surface area contributed by atoms with Crippen LogP contribution in [0.1, 0.15) is 24.0 Å². The predicted molar refractivity (Wildman–Crippen MR) is 80.5 cm³/mol. The number of benzene rings is 1. The Morgan fingerprint density at radius 3 is 3.18 bits per heavy atom. The molecule has 1 atom stereocenters. The van der Waals surface area contributed by atoms with E-state index in [0.717, 1.165) is 22.6 Å². The molecule has 112 valence electrons. The van der Waals surface area contributed by atoms with Gasteiger partial charge in [-0.05, 0) is 24.3 Å². The minimum Gasteiger partial charge on any atom is -0.493 e. The van der Waals surface area contributed by atoms with E-state index in [1.165, 1.54) is 0 Å². The molecule has 6 heteroatoms. The molecule has 3 heterocycles. The highest BCUT2D eigenvalue weighted by Crippen LogP contribution is 2.38. The Hall–Kier alpha value is -2.76. The number of anilines is 1. The van der Waals surface area contributed by atoms with Gasteiger partial charge in [-0.15, -0.1) is 0 Å². The monoisotopic (exact) mass is 297 g/mol. The summed E-state index contributed by atoms with van der Waals surface area (Å²) >= 11 is 0. The van der Waals surface area contributed by atoms with E-state index >= 15 is 0 Å². The standard InChI is InChI=1S/C16H15N3O3/c1-9-8-21-13-3-2-10(6-11(9)13)22-14-4-5-17-15-12(14)7-18-16(20)19-15/h2-6,9H,7-8H2,1H3,(H2,17,18,19,20)/t9-/m1/s1. The Balaban J connectivity index is 1.66. The van der Waals surface area contributed by atoms with E-state index in [9.17, 15) is 4.79 Å². The summed E-state index contributed by atoms with van der Waals surface area (Å²) in [6.45, 7) is 3.23.